The van der Waals surface area contributed by atoms with Crippen molar-refractivity contribution < 1.29 is 0 Å². The predicted octanol–water partition coefficient (Wildman–Crippen LogP) is 2.67. The first-order valence-electron chi connectivity index (χ1n) is 6.02. The summed E-state index contributed by atoms with van der Waals surface area (Å²) in [4.78, 5) is 0. The van der Waals surface area contributed by atoms with Crippen LogP contribution in [0.2, 0.25) is 0 Å². The molecule has 0 amide bonds. The first-order valence-corrected chi connectivity index (χ1v) is 6.43. The maximum Gasteiger partial charge on any atom is 0.186 e. The van der Waals surface area contributed by atoms with Crippen molar-refractivity contribution in [1.82, 2.24) is 10.7 Å². The van der Waals surface area contributed by atoms with Gasteiger partial charge in [-0.1, -0.05) is 20.8 Å². The number of hydrazone groups is 1. The minimum absolute atomic E-state index is 0.373. The van der Waals surface area contributed by atoms with E-state index in [0.717, 1.165) is 25.3 Å². The Balaban J connectivity index is 2.52. The maximum absolute atomic E-state index is 5.08. The van der Waals surface area contributed by atoms with E-state index in [1.165, 1.54) is 12.1 Å². The summed E-state index contributed by atoms with van der Waals surface area (Å²) in [5.74, 6) is 0.719. The molecule has 0 bridgehead atoms. The third kappa shape index (κ3) is 4.47. The van der Waals surface area contributed by atoms with Crippen molar-refractivity contribution >= 4 is 23.0 Å². The van der Waals surface area contributed by atoms with Gasteiger partial charge in [-0.15, -0.1) is 0 Å². The number of hydrogen-bond donors (Lipinski definition) is 2. The molecule has 1 rings (SSSR count). The molecule has 1 aliphatic rings. The van der Waals surface area contributed by atoms with Crippen LogP contribution in [0.3, 0.4) is 0 Å². The summed E-state index contributed by atoms with van der Waals surface area (Å²) in [5, 5.41) is 8.06. The quantitative estimate of drug-likeness (QED) is 0.576. The van der Waals surface area contributed by atoms with Crippen molar-refractivity contribution in [3.63, 3.8) is 0 Å². The van der Waals surface area contributed by atoms with Gasteiger partial charge in [-0.3, -0.25) is 5.43 Å². The number of thiocarbonyl (C=S) groups is 1. The predicted molar refractivity (Wildman–Crippen MR) is 73.6 cm³/mol. The lowest BCUT2D eigenvalue weighted by atomic mass is 9.72. The van der Waals surface area contributed by atoms with Crippen LogP contribution in [0.1, 0.15) is 47.0 Å². The smallest absolute Gasteiger partial charge is 0.186 e. The molecule has 1 saturated carbocycles. The molecule has 0 unspecified atom stereocenters. The first kappa shape index (κ1) is 13.4. The lowest BCUT2D eigenvalue weighted by molar-refractivity contribution is 0.265. The fraction of sp³-hybridized carbons (Fsp3) is 0.833. The molecule has 92 valence electrons. The van der Waals surface area contributed by atoms with E-state index in [2.05, 4.69) is 36.6 Å². The molecule has 2 N–H and O–H groups in total. The fourth-order valence-corrected chi connectivity index (χ4v) is 2.72. The van der Waals surface area contributed by atoms with Gasteiger partial charge in [0.1, 0.15) is 0 Å². The molecule has 0 spiro atoms. The van der Waals surface area contributed by atoms with Crippen molar-refractivity contribution in [2.75, 3.05) is 6.54 Å². The summed E-state index contributed by atoms with van der Waals surface area (Å²) in [5.41, 5.74) is 4.53. The van der Waals surface area contributed by atoms with Gasteiger partial charge in [0.2, 0.25) is 0 Å². The van der Waals surface area contributed by atoms with Crippen LogP contribution in [0, 0.1) is 11.3 Å². The third-order valence-corrected chi connectivity index (χ3v) is 3.06. The molecule has 3 nitrogen and oxygen atoms in total. The highest BCUT2D eigenvalue weighted by Gasteiger charge is 2.29. The lowest BCUT2D eigenvalue weighted by Crippen LogP contribution is -2.34. The third-order valence-electron chi connectivity index (χ3n) is 2.82. The van der Waals surface area contributed by atoms with Gasteiger partial charge < -0.3 is 5.32 Å². The Hall–Kier alpha value is -0.640. The molecule has 0 aromatic carbocycles. The maximum atomic E-state index is 5.08. The molecule has 0 saturated heterocycles. The molecular weight excluding hydrogens is 218 g/mol. The highest BCUT2D eigenvalue weighted by atomic mass is 32.1. The monoisotopic (exact) mass is 241 g/mol. The zero-order chi connectivity index (χ0) is 12.2. The van der Waals surface area contributed by atoms with Crippen LogP contribution in [0.5, 0.6) is 0 Å². The molecule has 4 heteroatoms. The Kier molecular flexibility index (Phi) is 4.71. The van der Waals surface area contributed by atoms with E-state index in [-0.39, 0.29) is 0 Å². The average Bonchev–Trinajstić information content (AvgIpc) is 2.12. The Morgan fingerprint density at radius 1 is 1.56 bits per heavy atom. The van der Waals surface area contributed by atoms with Gasteiger partial charge in [-0.25, -0.2) is 0 Å². The molecule has 1 atom stereocenters. The average molecular weight is 241 g/mol. The standard InChI is InChI=1S/C12H23N3S/c1-5-13-11(16)15-14-10-6-9(2)7-12(3,4)8-10/h9H,5-8H2,1-4H3,(H2,13,15,16)/b14-10-/t9-/m0/s1. The van der Waals surface area contributed by atoms with E-state index in [0.29, 0.717) is 10.5 Å². The van der Waals surface area contributed by atoms with Crippen molar-refractivity contribution in [2.24, 2.45) is 16.4 Å². The minimum atomic E-state index is 0.373. The van der Waals surface area contributed by atoms with Crippen LogP contribution in [0.4, 0.5) is 0 Å². The highest BCUT2D eigenvalue weighted by molar-refractivity contribution is 7.80. The summed E-state index contributed by atoms with van der Waals surface area (Å²) in [6.45, 7) is 9.76. The first-order chi connectivity index (χ1) is 7.43. The van der Waals surface area contributed by atoms with Gasteiger partial charge >= 0.3 is 0 Å². The van der Waals surface area contributed by atoms with Gasteiger partial charge in [0.05, 0.1) is 0 Å². The summed E-state index contributed by atoms with van der Waals surface area (Å²) >= 11 is 5.08. The Bertz CT molecular complexity index is 284. The molecular formula is C12H23N3S. The van der Waals surface area contributed by atoms with Crippen LogP contribution in [0.25, 0.3) is 0 Å². The van der Waals surface area contributed by atoms with E-state index in [4.69, 9.17) is 12.2 Å². The van der Waals surface area contributed by atoms with Crippen LogP contribution < -0.4 is 10.7 Å². The van der Waals surface area contributed by atoms with Crippen molar-refractivity contribution in [1.29, 1.82) is 0 Å². The van der Waals surface area contributed by atoms with E-state index in [1.54, 1.807) is 0 Å². The molecule has 16 heavy (non-hydrogen) atoms. The molecule has 1 fully saturated rings. The van der Waals surface area contributed by atoms with Crippen LogP contribution >= 0.6 is 12.2 Å². The number of hydrogen-bond acceptors (Lipinski definition) is 2. The highest BCUT2D eigenvalue weighted by Crippen LogP contribution is 2.36. The molecule has 0 aliphatic heterocycles. The van der Waals surface area contributed by atoms with E-state index < -0.39 is 0 Å². The van der Waals surface area contributed by atoms with E-state index >= 15 is 0 Å². The Morgan fingerprint density at radius 2 is 2.25 bits per heavy atom. The summed E-state index contributed by atoms with van der Waals surface area (Å²) < 4.78 is 0. The van der Waals surface area contributed by atoms with Crippen LogP contribution in [-0.2, 0) is 0 Å². The van der Waals surface area contributed by atoms with E-state index in [1.807, 2.05) is 6.92 Å². The second-order valence-electron chi connectivity index (χ2n) is 5.50. The summed E-state index contributed by atoms with van der Waals surface area (Å²) in [6.07, 6.45) is 3.44. The topological polar surface area (TPSA) is 36.4 Å². The Labute approximate surface area is 104 Å². The number of rotatable bonds is 2. The SMILES string of the molecule is CCNC(=S)N/N=C1/C[C@H](C)CC(C)(C)C1. The summed E-state index contributed by atoms with van der Waals surface area (Å²) in [6, 6.07) is 0. The zero-order valence-corrected chi connectivity index (χ0v) is 11.6. The number of nitrogens with zero attached hydrogens (tertiary/aromatic N) is 1. The normalized spacial score (nSPS) is 26.5. The number of nitrogens with one attached hydrogen (secondary N) is 2. The fourth-order valence-electron chi connectivity index (χ4n) is 2.53. The molecule has 0 heterocycles. The van der Waals surface area contributed by atoms with Gasteiger partial charge in [-0.2, -0.15) is 5.10 Å². The van der Waals surface area contributed by atoms with Crippen LogP contribution in [0.15, 0.2) is 5.10 Å². The second-order valence-corrected chi connectivity index (χ2v) is 5.91. The second kappa shape index (κ2) is 5.62. The van der Waals surface area contributed by atoms with Gasteiger partial charge in [0, 0.05) is 12.3 Å². The zero-order valence-electron chi connectivity index (χ0n) is 10.8. The van der Waals surface area contributed by atoms with Gasteiger partial charge in [0.15, 0.2) is 5.11 Å². The van der Waals surface area contributed by atoms with Gasteiger partial charge in [-0.05, 0) is 49.7 Å². The van der Waals surface area contributed by atoms with Crippen LogP contribution in [-0.4, -0.2) is 17.4 Å². The molecule has 0 radical (unpaired) electrons. The van der Waals surface area contributed by atoms with E-state index in [9.17, 15) is 0 Å². The molecule has 1 aliphatic carbocycles. The van der Waals surface area contributed by atoms with Crippen molar-refractivity contribution in [2.45, 2.75) is 47.0 Å². The summed E-state index contributed by atoms with van der Waals surface area (Å²) in [7, 11) is 0. The minimum Gasteiger partial charge on any atom is -0.362 e. The molecule has 0 aromatic rings. The largest absolute Gasteiger partial charge is 0.362 e. The van der Waals surface area contributed by atoms with Crippen molar-refractivity contribution in [3.05, 3.63) is 0 Å². The Morgan fingerprint density at radius 3 is 2.81 bits per heavy atom. The van der Waals surface area contributed by atoms with Crippen molar-refractivity contribution in [3.8, 4) is 0 Å². The van der Waals surface area contributed by atoms with Gasteiger partial charge in [0.25, 0.3) is 0 Å². The molecule has 0 aromatic heterocycles. The lowest BCUT2D eigenvalue weighted by Gasteiger charge is -2.34.